The normalized spacial score (nSPS) is 10.8. The van der Waals surface area contributed by atoms with Crippen LogP contribution in [0.3, 0.4) is 0 Å². The molecule has 1 amide bonds. The Morgan fingerprint density at radius 3 is 2.54 bits per heavy atom. The summed E-state index contributed by atoms with van der Waals surface area (Å²) in [6.45, 7) is 1.62. The molecule has 0 aliphatic carbocycles. The first-order valence-corrected chi connectivity index (χ1v) is 9.17. The maximum atomic E-state index is 12.1. The monoisotopic (exact) mass is 378 g/mol. The summed E-state index contributed by atoms with van der Waals surface area (Å²) >= 11 is 0. The van der Waals surface area contributed by atoms with Crippen LogP contribution < -0.4 is 15.2 Å². The lowest BCUT2D eigenvalue weighted by molar-refractivity contribution is -0.119. The zero-order chi connectivity index (χ0) is 19.2. The van der Waals surface area contributed by atoms with Crippen molar-refractivity contribution in [3.8, 4) is 5.75 Å². The first kappa shape index (κ1) is 19.4. The molecule has 0 aliphatic heterocycles. The summed E-state index contributed by atoms with van der Waals surface area (Å²) in [5, 5.41) is 7.47. The molecule has 26 heavy (non-hydrogen) atoms. The predicted octanol–water partition coefficient (Wildman–Crippen LogP) is 1.53. The Morgan fingerprint density at radius 1 is 1.12 bits per heavy atom. The van der Waals surface area contributed by atoms with Crippen LogP contribution in [0.15, 0.2) is 53.4 Å². The SMILES string of the molecule is CCOc1ccccc1C(=O)OCC(=O)Nc1cccc(S(N)(=O)=O)c1. The minimum absolute atomic E-state index is 0.141. The Kier molecular flexibility index (Phi) is 6.31. The van der Waals surface area contributed by atoms with E-state index in [1.165, 1.54) is 30.3 Å². The molecule has 9 heteroatoms. The molecule has 2 rings (SSSR count). The van der Waals surface area contributed by atoms with E-state index < -0.39 is 28.5 Å². The van der Waals surface area contributed by atoms with E-state index in [1.807, 2.05) is 0 Å². The number of esters is 1. The zero-order valence-electron chi connectivity index (χ0n) is 14.0. The van der Waals surface area contributed by atoms with E-state index >= 15 is 0 Å². The molecule has 0 fully saturated rings. The molecule has 0 unspecified atom stereocenters. The van der Waals surface area contributed by atoms with E-state index in [4.69, 9.17) is 14.6 Å². The quantitative estimate of drug-likeness (QED) is 0.704. The third-order valence-electron chi connectivity index (χ3n) is 3.19. The lowest BCUT2D eigenvalue weighted by Crippen LogP contribution is -2.21. The summed E-state index contributed by atoms with van der Waals surface area (Å²) in [6, 6.07) is 11.9. The zero-order valence-corrected chi connectivity index (χ0v) is 14.8. The van der Waals surface area contributed by atoms with Crippen LogP contribution in [0.4, 0.5) is 5.69 Å². The van der Waals surface area contributed by atoms with Crippen molar-refractivity contribution in [3.63, 3.8) is 0 Å². The number of carbonyl (C=O) groups is 2. The summed E-state index contributed by atoms with van der Waals surface area (Å²) in [4.78, 5) is 23.9. The Labute approximate surface area is 151 Å². The second-order valence-electron chi connectivity index (χ2n) is 5.13. The van der Waals surface area contributed by atoms with Gasteiger partial charge in [-0.15, -0.1) is 0 Å². The van der Waals surface area contributed by atoms with Crippen LogP contribution in [-0.4, -0.2) is 33.5 Å². The standard InChI is InChI=1S/C17H18N2O6S/c1-2-24-15-9-4-3-8-14(15)17(21)25-11-16(20)19-12-6-5-7-13(10-12)26(18,22)23/h3-10H,2,11H2,1H3,(H,19,20)(H2,18,22,23). The Balaban J connectivity index is 1.98. The van der Waals surface area contributed by atoms with Gasteiger partial charge in [0.05, 0.1) is 11.5 Å². The van der Waals surface area contributed by atoms with E-state index in [0.29, 0.717) is 12.4 Å². The predicted molar refractivity (Wildman–Crippen MR) is 94.3 cm³/mol. The number of amides is 1. The Morgan fingerprint density at radius 2 is 1.85 bits per heavy atom. The van der Waals surface area contributed by atoms with E-state index in [-0.39, 0.29) is 16.1 Å². The number of primary sulfonamides is 1. The molecule has 0 aliphatic rings. The van der Waals surface area contributed by atoms with Gasteiger partial charge in [0, 0.05) is 5.69 Å². The number of hydrogen-bond donors (Lipinski definition) is 2. The molecule has 0 heterocycles. The number of hydrogen-bond acceptors (Lipinski definition) is 6. The van der Waals surface area contributed by atoms with Crippen LogP contribution in [0.1, 0.15) is 17.3 Å². The molecule has 0 bridgehead atoms. The maximum Gasteiger partial charge on any atom is 0.342 e. The molecule has 8 nitrogen and oxygen atoms in total. The number of sulfonamides is 1. The van der Waals surface area contributed by atoms with Gasteiger partial charge in [-0.2, -0.15) is 0 Å². The summed E-state index contributed by atoms with van der Waals surface area (Å²) in [6.07, 6.45) is 0. The topological polar surface area (TPSA) is 125 Å². The second kappa shape index (κ2) is 8.45. The highest BCUT2D eigenvalue weighted by molar-refractivity contribution is 7.89. The van der Waals surface area contributed by atoms with Crippen molar-refractivity contribution in [2.75, 3.05) is 18.5 Å². The van der Waals surface area contributed by atoms with Crippen molar-refractivity contribution in [2.45, 2.75) is 11.8 Å². The minimum atomic E-state index is -3.88. The number of carbonyl (C=O) groups excluding carboxylic acids is 2. The third kappa shape index (κ3) is 5.30. The molecule has 0 atom stereocenters. The Hall–Kier alpha value is -2.91. The van der Waals surface area contributed by atoms with Gasteiger partial charge in [0.15, 0.2) is 6.61 Å². The van der Waals surface area contributed by atoms with Crippen molar-refractivity contribution >= 4 is 27.6 Å². The largest absolute Gasteiger partial charge is 0.493 e. The van der Waals surface area contributed by atoms with Gasteiger partial charge >= 0.3 is 5.97 Å². The molecular formula is C17H18N2O6S. The van der Waals surface area contributed by atoms with E-state index in [1.54, 1.807) is 25.1 Å². The van der Waals surface area contributed by atoms with Gasteiger partial charge in [-0.25, -0.2) is 18.4 Å². The minimum Gasteiger partial charge on any atom is -0.493 e. The smallest absolute Gasteiger partial charge is 0.342 e. The van der Waals surface area contributed by atoms with Crippen molar-refractivity contribution in [2.24, 2.45) is 5.14 Å². The molecule has 2 aromatic carbocycles. The van der Waals surface area contributed by atoms with Crippen molar-refractivity contribution in [1.29, 1.82) is 0 Å². The fourth-order valence-corrected chi connectivity index (χ4v) is 2.63. The second-order valence-corrected chi connectivity index (χ2v) is 6.69. The number of nitrogens with one attached hydrogen (secondary N) is 1. The first-order chi connectivity index (χ1) is 12.3. The van der Waals surface area contributed by atoms with Crippen molar-refractivity contribution in [1.82, 2.24) is 0 Å². The van der Waals surface area contributed by atoms with E-state index in [0.717, 1.165) is 0 Å². The molecule has 2 aromatic rings. The number of benzene rings is 2. The maximum absolute atomic E-state index is 12.1. The van der Waals surface area contributed by atoms with Gasteiger partial charge in [-0.1, -0.05) is 18.2 Å². The van der Waals surface area contributed by atoms with Gasteiger partial charge in [0.2, 0.25) is 10.0 Å². The first-order valence-electron chi connectivity index (χ1n) is 7.63. The van der Waals surface area contributed by atoms with Crippen LogP contribution in [0, 0.1) is 0 Å². The molecule has 3 N–H and O–H groups in total. The summed E-state index contributed by atoms with van der Waals surface area (Å²) < 4.78 is 32.9. The van der Waals surface area contributed by atoms with Gasteiger partial charge in [-0.3, -0.25) is 4.79 Å². The number of nitrogens with two attached hydrogens (primary N) is 1. The average Bonchev–Trinajstić information content (AvgIpc) is 2.60. The van der Waals surface area contributed by atoms with Gasteiger partial charge in [0.1, 0.15) is 11.3 Å². The summed E-state index contributed by atoms with van der Waals surface area (Å²) in [5.74, 6) is -0.970. The van der Waals surface area contributed by atoms with Crippen LogP contribution in [0.25, 0.3) is 0 Å². The highest BCUT2D eigenvalue weighted by Gasteiger charge is 2.15. The molecule has 0 aromatic heterocycles. The van der Waals surface area contributed by atoms with Crippen LogP contribution in [0.5, 0.6) is 5.75 Å². The van der Waals surface area contributed by atoms with Gasteiger partial charge in [0.25, 0.3) is 5.91 Å². The molecule has 0 spiro atoms. The van der Waals surface area contributed by atoms with E-state index in [9.17, 15) is 18.0 Å². The molecule has 138 valence electrons. The lowest BCUT2D eigenvalue weighted by Gasteiger charge is -2.10. The number of rotatable bonds is 7. The average molecular weight is 378 g/mol. The molecule has 0 saturated carbocycles. The highest BCUT2D eigenvalue weighted by Crippen LogP contribution is 2.19. The van der Waals surface area contributed by atoms with Crippen molar-refractivity contribution in [3.05, 3.63) is 54.1 Å². The summed E-state index contributed by atoms with van der Waals surface area (Å²) in [7, 11) is -3.88. The molecular weight excluding hydrogens is 360 g/mol. The van der Waals surface area contributed by atoms with Crippen molar-refractivity contribution < 1.29 is 27.5 Å². The van der Waals surface area contributed by atoms with Gasteiger partial charge < -0.3 is 14.8 Å². The number of anilines is 1. The third-order valence-corrected chi connectivity index (χ3v) is 4.10. The highest BCUT2D eigenvalue weighted by atomic mass is 32.2. The molecule has 0 saturated heterocycles. The van der Waals surface area contributed by atoms with E-state index in [2.05, 4.69) is 5.32 Å². The summed E-state index contributed by atoms with van der Waals surface area (Å²) in [5.41, 5.74) is 0.422. The fourth-order valence-electron chi connectivity index (χ4n) is 2.07. The Bertz CT molecular complexity index is 911. The van der Waals surface area contributed by atoms with Crippen LogP contribution in [-0.2, 0) is 19.6 Å². The molecule has 0 radical (unpaired) electrons. The van der Waals surface area contributed by atoms with Crippen LogP contribution in [0.2, 0.25) is 0 Å². The van der Waals surface area contributed by atoms with Crippen LogP contribution >= 0.6 is 0 Å². The van der Waals surface area contributed by atoms with Gasteiger partial charge in [-0.05, 0) is 37.3 Å². The number of ether oxygens (including phenoxy) is 2. The lowest BCUT2D eigenvalue weighted by atomic mass is 10.2. The fraction of sp³-hybridized carbons (Fsp3) is 0.176. The number of para-hydroxylation sites is 1.